The number of thiazole rings is 1. The molecule has 1 heterocycles. The van der Waals surface area contributed by atoms with Crippen LogP contribution in [-0.4, -0.2) is 23.3 Å². The number of aromatic nitrogens is 1. The number of benzene rings is 1. The highest BCUT2D eigenvalue weighted by molar-refractivity contribution is 7.99. The van der Waals surface area contributed by atoms with Gasteiger partial charge in [-0.3, -0.25) is 0 Å². The molecule has 2 nitrogen and oxygen atoms in total. The van der Waals surface area contributed by atoms with Crippen LogP contribution < -0.4 is 5.32 Å². The first-order chi connectivity index (χ1) is 10.1. The first kappa shape index (κ1) is 16.5. The maximum Gasteiger partial charge on any atom is 0.0946 e. The van der Waals surface area contributed by atoms with E-state index in [9.17, 15) is 0 Å². The summed E-state index contributed by atoms with van der Waals surface area (Å²) < 4.78 is 0. The average Bonchev–Trinajstić information content (AvgIpc) is 2.76. The third kappa shape index (κ3) is 5.13. The van der Waals surface area contributed by atoms with E-state index in [2.05, 4.69) is 62.3 Å². The van der Waals surface area contributed by atoms with Gasteiger partial charge in [-0.05, 0) is 39.4 Å². The second-order valence-electron chi connectivity index (χ2n) is 5.33. The molecule has 0 fully saturated rings. The molecule has 0 aliphatic heterocycles. The Bertz CT molecular complexity index is 541. The molecular weight excluding hydrogens is 296 g/mol. The summed E-state index contributed by atoms with van der Waals surface area (Å²) in [5.41, 5.74) is 2.49. The molecule has 1 aromatic carbocycles. The molecule has 1 N–H and O–H groups in total. The number of hydrogen-bond acceptors (Lipinski definition) is 4. The summed E-state index contributed by atoms with van der Waals surface area (Å²) >= 11 is 3.75. The van der Waals surface area contributed by atoms with E-state index >= 15 is 0 Å². The van der Waals surface area contributed by atoms with E-state index < -0.39 is 0 Å². The fraction of sp³-hybridized carbons (Fsp3) is 0.471. The predicted molar refractivity (Wildman–Crippen MR) is 94.7 cm³/mol. The lowest BCUT2D eigenvalue weighted by atomic mass is 10.2. The Balaban J connectivity index is 1.93. The number of rotatable bonds is 7. The van der Waals surface area contributed by atoms with E-state index in [-0.39, 0.29) is 0 Å². The SMILES string of the molecule is CCNC(CSc1ccc(C)cc1)Cc1nc(C)c(C)s1. The molecule has 0 aliphatic carbocycles. The van der Waals surface area contributed by atoms with Crippen LogP contribution in [0.1, 0.15) is 28.1 Å². The zero-order chi connectivity index (χ0) is 15.2. The van der Waals surface area contributed by atoms with Crippen molar-refractivity contribution in [3.63, 3.8) is 0 Å². The van der Waals surface area contributed by atoms with Gasteiger partial charge < -0.3 is 5.32 Å². The highest BCUT2D eigenvalue weighted by Crippen LogP contribution is 2.22. The monoisotopic (exact) mass is 320 g/mol. The lowest BCUT2D eigenvalue weighted by molar-refractivity contribution is 0.571. The van der Waals surface area contributed by atoms with Gasteiger partial charge >= 0.3 is 0 Å². The Morgan fingerprint density at radius 2 is 1.90 bits per heavy atom. The normalized spacial score (nSPS) is 12.6. The minimum atomic E-state index is 0.478. The molecule has 0 saturated heterocycles. The van der Waals surface area contributed by atoms with Crippen LogP contribution in [0.5, 0.6) is 0 Å². The molecule has 1 aromatic heterocycles. The Kier molecular flexibility index (Phi) is 6.27. The number of nitrogens with one attached hydrogen (secondary N) is 1. The zero-order valence-corrected chi connectivity index (χ0v) is 14.9. The largest absolute Gasteiger partial charge is 0.313 e. The summed E-state index contributed by atoms with van der Waals surface area (Å²) in [6.07, 6.45) is 1.02. The molecule has 2 aromatic rings. The fourth-order valence-electron chi connectivity index (χ4n) is 2.15. The molecule has 0 aliphatic rings. The maximum absolute atomic E-state index is 4.67. The van der Waals surface area contributed by atoms with E-state index in [1.54, 1.807) is 0 Å². The summed E-state index contributed by atoms with van der Waals surface area (Å²) in [4.78, 5) is 7.35. The van der Waals surface area contributed by atoms with Gasteiger partial charge in [0.2, 0.25) is 0 Å². The van der Waals surface area contributed by atoms with Crippen molar-refractivity contribution in [3.05, 3.63) is 45.4 Å². The van der Waals surface area contributed by atoms with Crippen molar-refractivity contribution in [1.29, 1.82) is 0 Å². The Morgan fingerprint density at radius 3 is 2.48 bits per heavy atom. The number of likely N-dealkylation sites (N-methyl/N-ethyl adjacent to an activating group) is 1. The number of thioether (sulfide) groups is 1. The van der Waals surface area contributed by atoms with Crippen LogP contribution in [0.2, 0.25) is 0 Å². The quantitative estimate of drug-likeness (QED) is 0.766. The number of aryl methyl sites for hydroxylation is 3. The van der Waals surface area contributed by atoms with Gasteiger partial charge in [-0.2, -0.15) is 0 Å². The van der Waals surface area contributed by atoms with Crippen LogP contribution in [0.3, 0.4) is 0 Å². The molecule has 21 heavy (non-hydrogen) atoms. The Morgan fingerprint density at radius 1 is 1.19 bits per heavy atom. The van der Waals surface area contributed by atoms with E-state index in [0.29, 0.717) is 6.04 Å². The molecule has 0 radical (unpaired) electrons. The standard InChI is InChI=1S/C17H24N2S2/c1-5-18-15(10-17-19-13(3)14(4)21-17)11-20-16-8-6-12(2)7-9-16/h6-9,15,18H,5,10-11H2,1-4H3. The molecule has 0 spiro atoms. The molecule has 1 atom stereocenters. The van der Waals surface area contributed by atoms with Crippen molar-refractivity contribution in [3.8, 4) is 0 Å². The minimum absolute atomic E-state index is 0.478. The molecule has 2 rings (SSSR count). The first-order valence-electron chi connectivity index (χ1n) is 7.44. The van der Waals surface area contributed by atoms with Gasteiger partial charge in [0.15, 0.2) is 0 Å². The first-order valence-corrected chi connectivity index (χ1v) is 9.24. The van der Waals surface area contributed by atoms with Crippen LogP contribution in [0.4, 0.5) is 0 Å². The maximum atomic E-state index is 4.67. The summed E-state index contributed by atoms with van der Waals surface area (Å²) in [6.45, 7) is 9.55. The van der Waals surface area contributed by atoms with Crippen LogP contribution >= 0.6 is 23.1 Å². The average molecular weight is 321 g/mol. The van der Waals surface area contributed by atoms with Crippen molar-refractivity contribution >= 4 is 23.1 Å². The lowest BCUT2D eigenvalue weighted by Gasteiger charge is -2.16. The Labute approximate surface area is 136 Å². The summed E-state index contributed by atoms with van der Waals surface area (Å²) in [5, 5.41) is 4.84. The van der Waals surface area contributed by atoms with Gasteiger partial charge in [-0.15, -0.1) is 23.1 Å². The second-order valence-corrected chi connectivity index (χ2v) is 7.71. The van der Waals surface area contributed by atoms with Gasteiger partial charge in [0.1, 0.15) is 0 Å². The van der Waals surface area contributed by atoms with E-state index in [4.69, 9.17) is 0 Å². The predicted octanol–water partition coefficient (Wildman–Crippen LogP) is 4.38. The third-order valence-corrected chi connectivity index (χ3v) is 5.73. The van der Waals surface area contributed by atoms with E-state index in [1.165, 1.54) is 26.0 Å². The van der Waals surface area contributed by atoms with Gasteiger partial charge in [-0.25, -0.2) is 4.98 Å². The van der Waals surface area contributed by atoms with Crippen molar-refractivity contribution in [2.45, 2.75) is 45.1 Å². The van der Waals surface area contributed by atoms with Gasteiger partial charge in [-0.1, -0.05) is 24.6 Å². The van der Waals surface area contributed by atoms with E-state index in [1.807, 2.05) is 23.1 Å². The second kappa shape index (κ2) is 7.97. The fourth-order valence-corrected chi connectivity index (χ4v) is 4.12. The van der Waals surface area contributed by atoms with Crippen LogP contribution in [0.15, 0.2) is 29.2 Å². The summed E-state index contributed by atoms with van der Waals surface area (Å²) in [6, 6.07) is 9.25. The molecule has 0 bridgehead atoms. The topological polar surface area (TPSA) is 24.9 Å². The van der Waals surface area contributed by atoms with Crippen molar-refractivity contribution in [2.75, 3.05) is 12.3 Å². The molecule has 1 unspecified atom stereocenters. The Hall–Kier alpha value is -0.840. The molecule has 0 saturated carbocycles. The zero-order valence-electron chi connectivity index (χ0n) is 13.3. The van der Waals surface area contributed by atoms with E-state index in [0.717, 1.165) is 18.7 Å². The lowest BCUT2D eigenvalue weighted by Crippen LogP contribution is -2.33. The molecule has 4 heteroatoms. The highest BCUT2D eigenvalue weighted by atomic mass is 32.2. The summed E-state index contributed by atoms with van der Waals surface area (Å²) in [5.74, 6) is 1.08. The van der Waals surface area contributed by atoms with Crippen molar-refractivity contribution in [1.82, 2.24) is 10.3 Å². The highest BCUT2D eigenvalue weighted by Gasteiger charge is 2.12. The van der Waals surface area contributed by atoms with Gasteiger partial charge in [0.25, 0.3) is 0 Å². The van der Waals surface area contributed by atoms with Crippen LogP contribution in [-0.2, 0) is 6.42 Å². The molecule has 0 amide bonds. The minimum Gasteiger partial charge on any atom is -0.313 e. The third-order valence-electron chi connectivity index (χ3n) is 3.46. The van der Waals surface area contributed by atoms with Gasteiger partial charge in [0, 0.05) is 28.0 Å². The number of nitrogens with zero attached hydrogens (tertiary/aromatic N) is 1. The van der Waals surface area contributed by atoms with Crippen LogP contribution in [0, 0.1) is 20.8 Å². The molecule has 114 valence electrons. The van der Waals surface area contributed by atoms with Crippen molar-refractivity contribution < 1.29 is 0 Å². The van der Waals surface area contributed by atoms with Gasteiger partial charge in [0.05, 0.1) is 10.7 Å². The smallest absolute Gasteiger partial charge is 0.0946 e. The number of hydrogen-bond donors (Lipinski definition) is 1. The van der Waals surface area contributed by atoms with Crippen molar-refractivity contribution in [2.24, 2.45) is 0 Å². The summed E-state index contributed by atoms with van der Waals surface area (Å²) in [7, 11) is 0. The van der Waals surface area contributed by atoms with Crippen LogP contribution in [0.25, 0.3) is 0 Å². The molecular formula is C17H24N2S2.